The Kier molecular flexibility index (Phi) is 3.26. The van der Waals surface area contributed by atoms with Gasteiger partial charge in [-0.25, -0.2) is 10.8 Å². The highest BCUT2D eigenvalue weighted by atomic mass is 32.1. The summed E-state index contributed by atoms with van der Waals surface area (Å²) < 4.78 is 36.6. The number of nitrogens with zero attached hydrogens (tertiary/aromatic N) is 2. The fourth-order valence-electron chi connectivity index (χ4n) is 1.43. The molecule has 0 aliphatic carbocycles. The fraction of sp³-hybridized carbons (Fsp3) is 0.333. The standard InChI is InChI=1S/C9H10F3N5S/c1-4-2-5-6(14-3-9(10,11)12)15-8(17-13)16-7(5)18-4/h2H,3,13H2,1H3,(H2,14,15,16,17). The van der Waals surface area contributed by atoms with Crippen LogP contribution in [-0.4, -0.2) is 22.7 Å². The molecule has 18 heavy (non-hydrogen) atoms. The molecule has 0 aliphatic rings. The first kappa shape index (κ1) is 12.8. The van der Waals surface area contributed by atoms with Gasteiger partial charge in [0.1, 0.15) is 17.2 Å². The molecule has 0 bridgehead atoms. The first-order valence-corrected chi connectivity index (χ1v) is 5.76. The molecule has 0 spiro atoms. The van der Waals surface area contributed by atoms with Crippen molar-refractivity contribution in [2.24, 2.45) is 5.84 Å². The van der Waals surface area contributed by atoms with Crippen LogP contribution in [0.2, 0.25) is 0 Å². The third-order valence-electron chi connectivity index (χ3n) is 2.10. The van der Waals surface area contributed by atoms with Crippen LogP contribution in [0.25, 0.3) is 10.2 Å². The van der Waals surface area contributed by atoms with Gasteiger partial charge in [0, 0.05) is 4.88 Å². The molecule has 4 N–H and O–H groups in total. The Hall–Kier alpha value is -1.61. The summed E-state index contributed by atoms with van der Waals surface area (Å²) in [6.07, 6.45) is -4.31. The second-order valence-corrected chi connectivity index (χ2v) is 4.82. The van der Waals surface area contributed by atoms with E-state index in [1.165, 1.54) is 11.3 Å². The molecular weight excluding hydrogens is 267 g/mol. The van der Waals surface area contributed by atoms with Crippen LogP contribution in [0.1, 0.15) is 4.88 Å². The number of halogens is 3. The average Bonchev–Trinajstić information content (AvgIpc) is 2.64. The molecule has 0 unspecified atom stereocenters. The van der Waals surface area contributed by atoms with Crippen molar-refractivity contribution in [3.05, 3.63) is 10.9 Å². The van der Waals surface area contributed by atoms with Crippen LogP contribution in [0.15, 0.2) is 6.07 Å². The van der Waals surface area contributed by atoms with E-state index in [4.69, 9.17) is 5.84 Å². The molecule has 2 heterocycles. The topological polar surface area (TPSA) is 75.9 Å². The Balaban J connectivity index is 2.40. The molecule has 0 atom stereocenters. The van der Waals surface area contributed by atoms with Crippen molar-refractivity contribution < 1.29 is 13.2 Å². The highest BCUT2D eigenvalue weighted by Crippen LogP contribution is 2.30. The maximum Gasteiger partial charge on any atom is 0.405 e. The lowest BCUT2D eigenvalue weighted by molar-refractivity contribution is -0.115. The third kappa shape index (κ3) is 2.79. The number of fused-ring (bicyclic) bond motifs is 1. The van der Waals surface area contributed by atoms with E-state index in [0.29, 0.717) is 10.2 Å². The smallest absolute Gasteiger partial charge is 0.360 e. The number of aromatic nitrogens is 2. The van der Waals surface area contributed by atoms with Crippen molar-refractivity contribution in [2.45, 2.75) is 13.1 Å². The van der Waals surface area contributed by atoms with Crippen molar-refractivity contribution in [2.75, 3.05) is 17.3 Å². The second-order valence-electron chi connectivity index (χ2n) is 3.58. The quantitative estimate of drug-likeness (QED) is 0.592. The number of rotatable bonds is 3. The highest BCUT2D eigenvalue weighted by Gasteiger charge is 2.27. The van der Waals surface area contributed by atoms with Gasteiger partial charge in [-0.05, 0) is 13.0 Å². The van der Waals surface area contributed by atoms with E-state index in [0.717, 1.165) is 4.88 Å². The number of thiophene rings is 1. The zero-order valence-corrected chi connectivity index (χ0v) is 10.1. The SMILES string of the molecule is Cc1cc2c(NCC(F)(F)F)nc(NN)nc2s1. The summed E-state index contributed by atoms with van der Waals surface area (Å²) in [5.74, 6) is 5.38. The molecule has 98 valence electrons. The lowest BCUT2D eigenvalue weighted by Gasteiger charge is -2.10. The molecule has 2 aromatic rings. The number of anilines is 2. The number of hydrogen-bond donors (Lipinski definition) is 3. The minimum Gasteiger partial charge on any atom is -0.360 e. The largest absolute Gasteiger partial charge is 0.405 e. The van der Waals surface area contributed by atoms with Gasteiger partial charge < -0.3 is 5.32 Å². The van der Waals surface area contributed by atoms with Crippen LogP contribution in [0.4, 0.5) is 24.9 Å². The molecule has 0 aliphatic heterocycles. The number of nitrogen functional groups attached to an aromatic ring is 1. The molecule has 2 rings (SSSR count). The van der Waals surface area contributed by atoms with Crippen LogP contribution in [0, 0.1) is 6.92 Å². The molecular formula is C9H10F3N5S. The number of hydrogen-bond acceptors (Lipinski definition) is 6. The second kappa shape index (κ2) is 4.58. The molecule has 5 nitrogen and oxygen atoms in total. The minimum absolute atomic E-state index is 0.0778. The Morgan fingerprint density at radius 1 is 1.39 bits per heavy atom. The zero-order valence-electron chi connectivity index (χ0n) is 9.30. The average molecular weight is 277 g/mol. The van der Waals surface area contributed by atoms with Crippen molar-refractivity contribution in [3.63, 3.8) is 0 Å². The van der Waals surface area contributed by atoms with E-state index in [1.54, 1.807) is 6.07 Å². The lowest BCUT2D eigenvalue weighted by Crippen LogP contribution is -2.22. The van der Waals surface area contributed by atoms with E-state index in [2.05, 4.69) is 20.7 Å². The van der Waals surface area contributed by atoms with Gasteiger partial charge in [0.15, 0.2) is 0 Å². The molecule has 0 amide bonds. The molecule has 0 saturated carbocycles. The Labute approximate surface area is 104 Å². The number of nitrogens with one attached hydrogen (secondary N) is 2. The lowest BCUT2D eigenvalue weighted by atomic mass is 10.3. The summed E-state index contributed by atoms with van der Waals surface area (Å²) in [7, 11) is 0. The molecule has 0 aromatic carbocycles. The third-order valence-corrected chi connectivity index (χ3v) is 3.05. The van der Waals surface area contributed by atoms with Gasteiger partial charge in [0.2, 0.25) is 5.95 Å². The number of nitrogens with two attached hydrogens (primary N) is 1. The van der Waals surface area contributed by atoms with Crippen molar-refractivity contribution in [1.82, 2.24) is 9.97 Å². The number of aryl methyl sites for hydroxylation is 1. The molecule has 0 radical (unpaired) electrons. The molecule has 0 saturated heterocycles. The van der Waals surface area contributed by atoms with Gasteiger partial charge in [-0.2, -0.15) is 18.2 Å². The summed E-state index contributed by atoms with van der Waals surface area (Å²) in [6, 6.07) is 1.74. The van der Waals surface area contributed by atoms with E-state index < -0.39 is 12.7 Å². The first-order valence-electron chi connectivity index (χ1n) is 4.94. The van der Waals surface area contributed by atoms with Gasteiger partial charge >= 0.3 is 6.18 Å². The van der Waals surface area contributed by atoms with E-state index in [9.17, 15) is 13.2 Å². The Morgan fingerprint density at radius 2 is 2.11 bits per heavy atom. The predicted molar refractivity (Wildman–Crippen MR) is 64.5 cm³/mol. The molecule has 0 fully saturated rings. The van der Waals surface area contributed by atoms with Crippen molar-refractivity contribution in [3.8, 4) is 0 Å². The maximum atomic E-state index is 12.2. The van der Waals surface area contributed by atoms with E-state index in [1.807, 2.05) is 6.92 Å². The zero-order chi connectivity index (χ0) is 13.3. The number of alkyl halides is 3. The fourth-order valence-corrected chi connectivity index (χ4v) is 2.30. The summed E-state index contributed by atoms with van der Waals surface area (Å²) >= 11 is 1.36. The monoisotopic (exact) mass is 277 g/mol. The Morgan fingerprint density at radius 3 is 2.72 bits per heavy atom. The molecule has 2 aromatic heterocycles. The summed E-state index contributed by atoms with van der Waals surface area (Å²) in [6.45, 7) is 0.688. The van der Waals surface area contributed by atoms with Gasteiger partial charge in [0.05, 0.1) is 5.39 Å². The number of hydrazine groups is 1. The van der Waals surface area contributed by atoms with Gasteiger partial charge in [0.25, 0.3) is 0 Å². The minimum atomic E-state index is -4.31. The van der Waals surface area contributed by atoms with Crippen LogP contribution < -0.4 is 16.6 Å². The summed E-state index contributed by atoms with van der Waals surface area (Å²) in [5, 5.41) is 2.81. The van der Waals surface area contributed by atoms with Gasteiger partial charge in [-0.3, -0.25) is 5.43 Å². The van der Waals surface area contributed by atoms with E-state index in [-0.39, 0.29) is 11.8 Å². The van der Waals surface area contributed by atoms with Crippen LogP contribution >= 0.6 is 11.3 Å². The molecule has 9 heteroatoms. The summed E-state index contributed by atoms with van der Waals surface area (Å²) in [4.78, 5) is 9.47. The van der Waals surface area contributed by atoms with Crippen molar-refractivity contribution >= 4 is 33.3 Å². The maximum absolute atomic E-state index is 12.2. The Bertz CT molecular complexity index is 565. The summed E-state index contributed by atoms with van der Waals surface area (Å²) in [5.41, 5.74) is 2.23. The van der Waals surface area contributed by atoms with Gasteiger partial charge in [-0.1, -0.05) is 0 Å². The van der Waals surface area contributed by atoms with E-state index >= 15 is 0 Å². The van der Waals surface area contributed by atoms with Gasteiger partial charge in [-0.15, -0.1) is 11.3 Å². The normalized spacial score (nSPS) is 11.8. The first-order chi connectivity index (χ1) is 8.39. The van der Waals surface area contributed by atoms with Crippen LogP contribution in [0.3, 0.4) is 0 Å². The van der Waals surface area contributed by atoms with Crippen LogP contribution in [-0.2, 0) is 0 Å². The van der Waals surface area contributed by atoms with Crippen molar-refractivity contribution in [1.29, 1.82) is 0 Å². The van der Waals surface area contributed by atoms with Crippen LogP contribution in [0.5, 0.6) is 0 Å². The predicted octanol–water partition coefficient (Wildman–Crippen LogP) is 2.26. The highest BCUT2D eigenvalue weighted by molar-refractivity contribution is 7.18.